The number of nitrogens with one attached hydrogen (secondary N) is 1. The Labute approximate surface area is 255 Å². The van der Waals surface area contributed by atoms with Gasteiger partial charge in [-0.25, -0.2) is 8.42 Å². The average molecular weight is 610 g/mol. The van der Waals surface area contributed by atoms with Gasteiger partial charge >= 0.3 is 0 Å². The first kappa shape index (κ1) is 33.5. The number of sulfonamides is 1. The number of hydrogen-bond donors (Lipinski definition) is 1. The molecule has 0 bridgehead atoms. The molecule has 0 saturated heterocycles. The lowest BCUT2D eigenvalue weighted by Gasteiger charge is -2.32. The lowest BCUT2D eigenvalue weighted by Crippen LogP contribution is -2.50. The van der Waals surface area contributed by atoms with E-state index in [9.17, 15) is 18.0 Å². The van der Waals surface area contributed by atoms with E-state index in [1.165, 1.54) is 11.4 Å². The molecule has 0 radical (unpaired) electrons. The second-order valence-corrected chi connectivity index (χ2v) is 12.3. The summed E-state index contributed by atoms with van der Waals surface area (Å²) in [7, 11) is -0.528. The van der Waals surface area contributed by atoms with E-state index in [2.05, 4.69) is 12.2 Å². The topological polar surface area (TPSA) is 105 Å². The summed E-state index contributed by atoms with van der Waals surface area (Å²) < 4.78 is 37.3. The highest BCUT2D eigenvalue weighted by atomic mass is 32.2. The molecule has 232 valence electrons. The summed E-state index contributed by atoms with van der Waals surface area (Å²) in [6.07, 6.45) is 3.55. The highest BCUT2D eigenvalue weighted by Gasteiger charge is 2.30. The highest BCUT2D eigenvalue weighted by Crippen LogP contribution is 2.24. The Morgan fingerprint density at radius 3 is 2.16 bits per heavy atom. The van der Waals surface area contributed by atoms with Gasteiger partial charge in [0.2, 0.25) is 21.8 Å². The first-order valence-corrected chi connectivity index (χ1v) is 16.4. The normalized spacial score (nSPS) is 11.8. The predicted molar refractivity (Wildman–Crippen MR) is 170 cm³/mol. The second kappa shape index (κ2) is 16.6. The van der Waals surface area contributed by atoms with E-state index >= 15 is 0 Å². The van der Waals surface area contributed by atoms with Crippen LogP contribution < -0.4 is 19.1 Å². The van der Waals surface area contributed by atoms with Crippen molar-refractivity contribution in [1.82, 2.24) is 10.2 Å². The fraction of sp³-hybridized carbons (Fsp3) is 0.394. The van der Waals surface area contributed by atoms with E-state index in [1.807, 2.05) is 54.6 Å². The maximum absolute atomic E-state index is 14.0. The van der Waals surface area contributed by atoms with Gasteiger partial charge in [-0.15, -0.1) is 0 Å². The van der Waals surface area contributed by atoms with E-state index in [4.69, 9.17) is 9.47 Å². The Morgan fingerprint density at radius 1 is 0.860 bits per heavy atom. The van der Waals surface area contributed by atoms with E-state index in [1.54, 1.807) is 36.3 Å². The Balaban J connectivity index is 1.89. The van der Waals surface area contributed by atoms with Gasteiger partial charge in [0.15, 0.2) is 0 Å². The Bertz CT molecular complexity index is 1430. The molecule has 0 fully saturated rings. The number of carbonyl (C=O) groups is 2. The van der Waals surface area contributed by atoms with Crippen molar-refractivity contribution < 1.29 is 27.5 Å². The van der Waals surface area contributed by atoms with E-state index in [-0.39, 0.29) is 37.7 Å². The molecule has 1 atom stereocenters. The molecule has 0 unspecified atom stereocenters. The molecule has 0 aliphatic carbocycles. The largest absolute Gasteiger partial charge is 0.497 e. The quantitative estimate of drug-likeness (QED) is 0.220. The third-order valence-corrected chi connectivity index (χ3v) is 8.28. The summed E-state index contributed by atoms with van der Waals surface area (Å²) in [5.74, 6) is 0.722. The summed E-state index contributed by atoms with van der Waals surface area (Å²) >= 11 is 0. The zero-order chi connectivity index (χ0) is 31.2. The number of hydrogen-bond acceptors (Lipinski definition) is 6. The Hall–Kier alpha value is -4.05. The number of unbranched alkanes of at least 4 members (excludes halogenated alkanes) is 1. The molecule has 3 rings (SSSR count). The molecule has 0 aliphatic rings. The molecule has 43 heavy (non-hydrogen) atoms. The van der Waals surface area contributed by atoms with Crippen LogP contribution in [-0.2, 0) is 32.6 Å². The van der Waals surface area contributed by atoms with Crippen molar-refractivity contribution in [3.05, 3.63) is 90.0 Å². The number of rotatable bonds is 17. The van der Waals surface area contributed by atoms with Gasteiger partial charge in [0.05, 0.1) is 26.2 Å². The number of methoxy groups -OCH3 is 2. The van der Waals surface area contributed by atoms with Crippen molar-refractivity contribution in [2.24, 2.45) is 0 Å². The maximum Gasteiger partial charge on any atom is 0.243 e. The first-order chi connectivity index (χ1) is 20.7. The predicted octanol–water partition coefficient (Wildman–Crippen LogP) is 4.81. The van der Waals surface area contributed by atoms with E-state index in [0.29, 0.717) is 30.2 Å². The fourth-order valence-corrected chi connectivity index (χ4v) is 5.75. The summed E-state index contributed by atoms with van der Waals surface area (Å²) in [4.78, 5) is 29.2. The molecule has 0 saturated carbocycles. The summed E-state index contributed by atoms with van der Waals surface area (Å²) in [5, 5.41) is 3.02. The lowest BCUT2D eigenvalue weighted by molar-refractivity contribution is -0.141. The van der Waals surface area contributed by atoms with Gasteiger partial charge in [0, 0.05) is 38.5 Å². The van der Waals surface area contributed by atoms with E-state index < -0.39 is 16.1 Å². The number of anilines is 1. The molecule has 3 aromatic carbocycles. The molecule has 0 aromatic heterocycles. The number of nitrogens with zero attached hydrogens (tertiary/aromatic N) is 2. The molecule has 0 aliphatic heterocycles. The fourth-order valence-electron chi connectivity index (χ4n) is 4.80. The van der Waals surface area contributed by atoms with Crippen molar-refractivity contribution >= 4 is 27.5 Å². The molecule has 0 heterocycles. The molecule has 1 N–H and O–H groups in total. The van der Waals surface area contributed by atoms with Crippen LogP contribution in [-0.4, -0.2) is 64.7 Å². The van der Waals surface area contributed by atoms with Crippen molar-refractivity contribution in [1.29, 1.82) is 0 Å². The molecule has 9 nitrogen and oxygen atoms in total. The summed E-state index contributed by atoms with van der Waals surface area (Å²) in [6.45, 7) is 2.86. The van der Waals surface area contributed by atoms with Crippen LogP contribution in [0.5, 0.6) is 11.5 Å². The van der Waals surface area contributed by atoms with Crippen LogP contribution in [0.3, 0.4) is 0 Å². The zero-order valence-corrected chi connectivity index (χ0v) is 26.3. The van der Waals surface area contributed by atoms with Crippen molar-refractivity contribution in [2.45, 2.75) is 51.6 Å². The van der Waals surface area contributed by atoms with Gasteiger partial charge < -0.3 is 19.7 Å². The standard InChI is InChI=1S/C33H43N3O6S/c1-5-6-20-34-33(38)31(23-26-13-8-7-9-14-26)35(25-27-15-10-17-29(22-27)41-2)32(37)19-12-21-36(43(4,39)40)28-16-11-18-30(24-28)42-3/h7-11,13-18,22,24,31H,5-6,12,19-21,23,25H2,1-4H3,(H,34,38)/t31-/m1/s1. The van der Waals surface area contributed by atoms with Crippen LogP contribution >= 0.6 is 0 Å². The molecule has 0 spiro atoms. The van der Waals surface area contributed by atoms with Gasteiger partial charge in [-0.1, -0.05) is 61.9 Å². The second-order valence-electron chi connectivity index (χ2n) is 10.4. The molecule has 10 heteroatoms. The Kier molecular flexibility index (Phi) is 12.9. The van der Waals surface area contributed by atoms with Gasteiger partial charge in [0.25, 0.3) is 0 Å². The summed E-state index contributed by atoms with van der Waals surface area (Å²) in [6, 6.07) is 23.1. The summed E-state index contributed by atoms with van der Waals surface area (Å²) in [5.41, 5.74) is 2.21. The van der Waals surface area contributed by atoms with Crippen LogP contribution in [0, 0.1) is 0 Å². The Morgan fingerprint density at radius 2 is 1.51 bits per heavy atom. The minimum absolute atomic E-state index is 0.0491. The number of ether oxygens (including phenoxy) is 2. The van der Waals surface area contributed by atoms with Crippen molar-refractivity contribution in [3.63, 3.8) is 0 Å². The van der Waals surface area contributed by atoms with Crippen molar-refractivity contribution in [2.75, 3.05) is 37.9 Å². The van der Waals surface area contributed by atoms with Gasteiger partial charge in [0.1, 0.15) is 17.5 Å². The third-order valence-electron chi connectivity index (χ3n) is 7.08. The van der Waals surface area contributed by atoms with Gasteiger partial charge in [-0.2, -0.15) is 0 Å². The minimum Gasteiger partial charge on any atom is -0.497 e. The monoisotopic (exact) mass is 609 g/mol. The number of amides is 2. The smallest absolute Gasteiger partial charge is 0.243 e. The van der Waals surface area contributed by atoms with Crippen LogP contribution in [0.1, 0.15) is 43.7 Å². The first-order valence-electron chi connectivity index (χ1n) is 14.5. The van der Waals surface area contributed by atoms with Crippen LogP contribution in [0.4, 0.5) is 5.69 Å². The molecule has 2 amide bonds. The average Bonchev–Trinajstić information content (AvgIpc) is 3.01. The zero-order valence-electron chi connectivity index (χ0n) is 25.5. The van der Waals surface area contributed by atoms with Gasteiger partial charge in [-0.3, -0.25) is 13.9 Å². The lowest BCUT2D eigenvalue weighted by atomic mass is 10.0. The molecular formula is C33H43N3O6S. The van der Waals surface area contributed by atoms with E-state index in [0.717, 1.165) is 30.2 Å². The maximum atomic E-state index is 14.0. The minimum atomic E-state index is -3.63. The van der Waals surface area contributed by atoms with Crippen LogP contribution in [0.2, 0.25) is 0 Å². The highest BCUT2D eigenvalue weighted by molar-refractivity contribution is 7.92. The third kappa shape index (κ3) is 10.3. The number of benzene rings is 3. The van der Waals surface area contributed by atoms with Crippen molar-refractivity contribution in [3.8, 4) is 11.5 Å². The molecule has 3 aromatic rings. The number of carbonyl (C=O) groups excluding carboxylic acids is 2. The molecular weight excluding hydrogens is 566 g/mol. The van der Waals surface area contributed by atoms with Crippen LogP contribution in [0.15, 0.2) is 78.9 Å². The van der Waals surface area contributed by atoms with Crippen LogP contribution in [0.25, 0.3) is 0 Å². The van der Waals surface area contributed by atoms with Gasteiger partial charge in [-0.05, 0) is 48.2 Å². The SMILES string of the molecule is CCCCNC(=O)[C@@H](Cc1ccccc1)N(Cc1cccc(OC)c1)C(=O)CCCN(c1cccc(OC)c1)S(C)(=O)=O.